The van der Waals surface area contributed by atoms with Gasteiger partial charge < -0.3 is 9.47 Å². The van der Waals surface area contributed by atoms with E-state index in [1.807, 2.05) is 34.6 Å². The second-order valence-electron chi connectivity index (χ2n) is 8.11. The third kappa shape index (κ3) is 3.83. The second kappa shape index (κ2) is 7.52. The first-order chi connectivity index (χ1) is 11.2. The summed E-state index contributed by atoms with van der Waals surface area (Å²) >= 11 is 0. The lowest BCUT2D eigenvalue weighted by molar-refractivity contribution is -0.164. The molecule has 5 heteroatoms. The summed E-state index contributed by atoms with van der Waals surface area (Å²) in [6.07, 6.45) is 2.74. The van der Waals surface area contributed by atoms with Crippen LogP contribution in [0.25, 0.3) is 0 Å². The summed E-state index contributed by atoms with van der Waals surface area (Å²) in [5, 5.41) is 0. The van der Waals surface area contributed by atoms with Crippen molar-refractivity contribution in [2.24, 2.45) is 23.7 Å². The molecule has 2 rings (SSSR count). The zero-order valence-corrected chi connectivity index (χ0v) is 16.0. The highest BCUT2D eigenvalue weighted by Crippen LogP contribution is 2.38. The Morgan fingerprint density at radius 2 is 1.67 bits per heavy atom. The van der Waals surface area contributed by atoms with E-state index < -0.39 is 5.79 Å². The molecule has 0 aromatic heterocycles. The Labute approximate surface area is 146 Å². The molecule has 2 fully saturated rings. The van der Waals surface area contributed by atoms with Gasteiger partial charge in [-0.3, -0.25) is 14.5 Å². The van der Waals surface area contributed by atoms with Gasteiger partial charge in [-0.2, -0.15) is 0 Å². The van der Waals surface area contributed by atoms with Crippen LogP contribution in [-0.4, -0.2) is 41.8 Å². The van der Waals surface area contributed by atoms with Gasteiger partial charge in [0.15, 0.2) is 5.79 Å². The summed E-state index contributed by atoms with van der Waals surface area (Å²) < 4.78 is 11.8. The molecule has 0 aromatic carbocycles. The van der Waals surface area contributed by atoms with Crippen molar-refractivity contribution >= 4 is 11.8 Å². The maximum Gasteiger partial charge on any atom is 0.233 e. The van der Waals surface area contributed by atoms with E-state index in [1.54, 1.807) is 0 Å². The highest BCUT2D eigenvalue weighted by molar-refractivity contribution is 6.05. The van der Waals surface area contributed by atoms with Crippen molar-refractivity contribution in [3.63, 3.8) is 0 Å². The van der Waals surface area contributed by atoms with E-state index >= 15 is 0 Å². The number of hydrogen-bond donors (Lipinski definition) is 0. The molecule has 0 bridgehead atoms. The number of likely N-dealkylation sites (tertiary alicyclic amines) is 1. The van der Waals surface area contributed by atoms with Crippen molar-refractivity contribution in [3.8, 4) is 0 Å². The summed E-state index contributed by atoms with van der Waals surface area (Å²) in [6, 6.07) is 0. The van der Waals surface area contributed by atoms with Gasteiger partial charge in [-0.25, -0.2) is 0 Å². The first-order valence-electron chi connectivity index (χ1n) is 9.37. The zero-order chi connectivity index (χ0) is 18.1. The first-order valence-corrected chi connectivity index (χ1v) is 9.37. The van der Waals surface area contributed by atoms with Crippen LogP contribution in [0.15, 0.2) is 0 Å². The normalized spacial score (nSPS) is 34.2. The Morgan fingerprint density at radius 1 is 1.12 bits per heavy atom. The van der Waals surface area contributed by atoms with E-state index in [2.05, 4.69) is 6.92 Å². The van der Waals surface area contributed by atoms with E-state index in [9.17, 15) is 9.59 Å². The van der Waals surface area contributed by atoms with Crippen LogP contribution in [0.1, 0.15) is 60.8 Å². The third-order valence-electron chi connectivity index (χ3n) is 5.29. The van der Waals surface area contributed by atoms with Crippen LogP contribution in [0.4, 0.5) is 0 Å². The minimum Gasteiger partial charge on any atom is -0.347 e. The Morgan fingerprint density at radius 3 is 2.12 bits per heavy atom. The third-order valence-corrected chi connectivity index (χ3v) is 5.29. The summed E-state index contributed by atoms with van der Waals surface area (Å²) in [7, 11) is 0. The molecular formula is C19H33NO4. The molecule has 24 heavy (non-hydrogen) atoms. The average molecular weight is 339 g/mol. The van der Waals surface area contributed by atoms with E-state index in [4.69, 9.17) is 9.47 Å². The van der Waals surface area contributed by atoms with Gasteiger partial charge in [0.2, 0.25) is 11.8 Å². The number of unbranched alkanes of at least 4 members (excludes halogenated alkanes) is 1. The maximum atomic E-state index is 12.8. The number of ether oxygens (including phenoxy) is 2. The second-order valence-corrected chi connectivity index (χ2v) is 8.11. The Hall–Kier alpha value is -0.940. The molecule has 0 saturated carbocycles. The van der Waals surface area contributed by atoms with Crippen LogP contribution >= 0.6 is 0 Å². The van der Waals surface area contributed by atoms with E-state index in [-0.39, 0.29) is 41.6 Å². The van der Waals surface area contributed by atoms with Gasteiger partial charge in [0.1, 0.15) is 6.10 Å². The fraction of sp³-hybridized carbons (Fsp3) is 0.895. The van der Waals surface area contributed by atoms with Gasteiger partial charge in [-0.15, -0.1) is 0 Å². The molecule has 2 heterocycles. The number of carbonyl (C=O) groups excluding carboxylic acids is 2. The molecule has 0 radical (unpaired) electrons. The number of nitrogens with zero attached hydrogens (tertiary/aromatic N) is 1. The van der Waals surface area contributed by atoms with E-state index in [1.165, 1.54) is 4.90 Å². The Bertz CT molecular complexity index is 450. The van der Waals surface area contributed by atoms with Gasteiger partial charge in [0.25, 0.3) is 0 Å². The fourth-order valence-electron chi connectivity index (χ4n) is 3.97. The number of hydrogen-bond acceptors (Lipinski definition) is 4. The first kappa shape index (κ1) is 19.4. The van der Waals surface area contributed by atoms with Gasteiger partial charge in [-0.05, 0) is 25.2 Å². The van der Waals surface area contributed by atoms with Crippen LogP contribution in [-0.2, 0) is 19.1 Å². The molecule has 5 nitrogen and oxygen atoms in total. The van der Waals surface area contributed by atoms with Crippen molar-refractivity contribution in [1.29, 1.82) is 0 Å². The van der Waals surface area contributed by atoms with Gasteiger partial charge >= 0.3 is 0 Å². The predicted molar refractivity (Wildman–Crippen MR) is 92.1 cm³/mol. The van der Waals surface area contributed by atoms with Crippen molar-refractivity contribution in [1.82, 2.24) is 4.90 Å². The van der Waals surface area contributed by atoms with E-state index in [0.717, 1.165) is 19.3 Å². The fourth-order valence-corrected chi connectivity index (χ4v) is 3.97. The summed E-state index contributed by atoms with van der Waals surface area (Å²) in [4.78, 5) is 27.0. The molecule has 0 spiro atoms. The topological polar surface area (TPSA) is 55.8 Å². The number of imide groups is 1. The van der Waals surface area contributed by atoms with Gasteiger partial charge in [0, 0.05) is 6.42 Å². The lowest BCUT2D eigenvalue weighted by atomic mass is 9.79. The van der Waals surface area contributed by atoms with Crippen molar-refractivity contribution in [3.05, 3.63) is 0 Å². The average Bonchev–Trinajstić information content (AvgIpc) is 2.98. The van der Waals surface area contributed by atoms with Crippen molar-refractivity contribution in [2.45, 2.75) is 72.7 Å². The number of amides is 2. The molecular weight excluding hydrogens is 306 g/mol. The van der Waals surface area contributed by atoms with E-state index in [0.29, 0.717) is 13.2 Å². The molecule has 138 valence electrons. The molecule has 4 unspecified atom stereocenters. The van der Waals surface area contributed by atoms with Gasteiger partial charge in [-0.1, -0.05) is 41.0 Å². The van der Waals surface area contributed by atoms with Crippen LogP contribution in [0.3, 0.4) is 0 Å². The van der Waals surface area contributed by atoms with Crippen LogP contribution in [0.5, 0.6) is 0 Å². The Kier molecular flexibility index (Phi) is 6.08. The quantitative estimate of drug-likeness (QED) is 0.668. The predicted octanol–water partition coefficient (Wildman–Crippen LogP) is 3.22. The maximum absolute atomic E-state index is 12.8. The molecule has 2 amide bonds. The molecule has 2 saturated heterocycles. The minimum atomic E-state index is -0.582. The summed E-state index contributed by atoms with van der Waals surface area (Å²) in [6.45, 7) is 12.9. The largest absolute Gasteiger partial charge is 0.347 e. The van der Waals surface area contributed by atoms with Crippen LogP contribution in [0.2, 0.25) is 0 Å². The van der Waals surface area contributed by atoms with Crippen LogP contribution in [0, 0.1) is 23.7 Å². The number of rotatable bonds is 7. The highest BCUT2D eigenvalue weighted by atomic mass is 16.7. The molecule has 0 N–H and O–H groups in total. The molecule has 4 atom stereocenters. The highest BCUT2D eigenvalue weighted by Gasteiger charge is 2.51. The smallest absolute Gasteiger partial charge is 0.233 e. The van der Waals surface area contributed by atoms with Gasteiger partial charge in [0.05, 0.1) is 25.0 Å². The SMILES string of the molecule is CCCCC1(C)OCC(CN2C(=O)C(C(C)C)C(C(C)C)C2=O)O1. The van der Waals surface area contributed by atoms with Crippen molar-refractivity contribution < 1.29 is 19.1 Å². The molecule has 0 aliphatic carbocycles. The lowest BCUT2D eigenvalue weighted by Gasteiger charge is -2.24. The van der Waals surface area contributed by atoms with Crippen LogP contribution < -0.4 is 0 Å². The summed E-state index contributed by atoms with van der Waals surface area (Å²) in [5.74, 6) is -0.776. The van der Waals surface area contributed by atoms with Crippen molar-refractivity contribution in [2.75, 3.05) is 13.2 Å². The minimum absolute atomic E-state index is 0.0422. The monoisotopic (exact) mass is 339 g/mol. The number of carbonyl (C=O) groups is 2. The standard InChI is InChI=1S/C19H33NO4/c1-7-8-9-19(6)23-11-14(24-19)10-20-17(21)15(12(2)3)16(13(4)5)18(20)22/h12-16H,7-11H2,1-6H3. The molecule has 2 aliphatic heterocycles. The Balaban J connectivity index is 2.05. The lowest BCUT2D eigenvalue weighted by Crippen LogP contribution is -2.40. The molecule has 0 aromatic rings. The summed E-state index contributed by atoms with van der Waals surface area (Å²) in [5.41, 5.74) is 0. The molecule has 2 aliphatic rings. The zero-order valence-electron chi connectivity index (χ0n) is 16.0.